The molecule has 0 saturated carbocycles. The van der Waals surface area contributed by atoms with E-state index >= 15 is 0 Å². The Morgan fingerprint density at radius 2 is 1.85 bits per heavy atom. The van der Waals surface area contributed by atoms with E-state index in [1.807, 2.05) is 36.1 Å². The van der Waals surface area contributed by atoms with E-state index in [1.165, 1.54) is 5.56 Å². The fourth-order valence-corrected chi connectivity index (χ4v) is 4.09. The molecule has 4 nitrogen and oxygen atoms in total. The second kappa shape index (κ2) is 7.28. The first-order chi connectivity index (χ1) is 13.2. The quantitative estimate of drug-likeness (QED) is 0.665. The van der Waals surface area contributed by atoms with Gasteiger partial charge in [-0.25, -0.2) is 4.79 Å². The van der Waals surface area contributed by atoms with Crippen LogP contribution in [-0.4, -0.2) is 28.6 Å². The molecule has 136 valence electrons. The average molecular weight is 357 g/mol. The predicted molar refractivity (Wildman–Crippen MR) is 107 cm³/mol. The van der Waals surface area contributed by atoms with Crippen LogP contribution < -0.4 is 0 Å². The Labute approximate surface area is 159 Å². The van der Waals surface area contributed by atoms with Crippen molar-refractivity contribution in [3.05, 3.63) is 71.4 Å². The summed E-state index contributed by atoms with van der Waals surface area (Å²) < 4.78 is 1.79. The molecule has 1 aliphatic heterocycles. The second-order valence-corrected chi connectivity index (χ2v) is 7.41. The number of benzene rings is 2. The van der Waals surface area contributed by atoms with Crippen molar-refractivity contribution < 1.29 is 4.79 Å². The highest BCUT2D eigenvalue weighted by Crippen LogP contribution is 2.25. The van der Waals surface area contributed by atoms with Gasteiger partial charge in [0.05, 0.1) is 17.1 Å². The number of rotatable bonds is 2. The molecular weight excluding hydrogens is 334 g/mol. The van der Waals surface area contributed by atoms with Gasteiger partial charge in [-0.1, -0.05) is 30.3 Å². The van der Waals surface area contributed by atoms with Gasteiger partial charge in [0, 0.05) is 24.2 Å². The van der Waals surface area contributed by atoms with E-state index in [0.717, 1.165) is 48.9 Å². The van der Waals surface area contributed by atoms with E-state index in [9.17, 15) is 4.79 Å². The van der Waals surface area contributed by atoms with Crippen LogP contribution in [0.2, 0.25) is 0 Å². The Hall–Kier alpha value is -3.06. The van der Waals surface area contributed by atoms with Crippen molar-refractivity contribution in [1.29, 1.82) is 5.26 Å². The molecule has 1 fully saturated rings. The molecule has 0 bridgehead atoms. The SMILES string of the molecule is Cc1cc2cc(C#N)ccc2n1C(=O)N1CCC(Cc2ccccc2)CC1. The fourth-order valence-electron chi connectivity index (χ4n) is 4.09. The lowest BCUT2D eigenvalue weighted by molar-refractivity contribution is 0.172. The summed E-state index contributed by atoms with van der Waals surface area (Å²) in [4.78, 5) is 15.1. The molecule has 0 aliphatic carbocycles. The summed E-state index contributed by atoms with van der Waals surface area (Å²) in [6, 6.07) is 20.3. The molecule has 4 rings (SSSR count). The van der Waals surface area contributed by atoms with E-state index in [-0.39, 0.29) is 6.03 Å². The normalized spacial score (nSPS) is 15.0. The standard InChI is InChI=1S/C23H23N3O/c1-17-13-21-15-20(16-24)7-8-22(21)26(17)23(27)25-11-9-19(10-12-25)14-18-5-3-2-4-6-18/h2-8,13,15,19H,9-12,14H2,1H3. The second-order valence-electron chi connectivity index (χ2n) is 7.41. The van der Waals surface area contributed by atoms with Crippen LogP contribution >= 0.6 is 0 Å². The van der Waals surface area contributed by atoms with Crippen LogP contribution in [0.4, 0.5) is 4.79 Å². The summed E-state index contributed by atoms with van der Waals surface area (Å²) in [5.41, 5.74) is 3.79. The van der Waals surface area contributed by atoms with Crippen molar-refractivity contribution in [1.82, 2.24) is 9.47 Å². The number of carbonyl (C=O) groups is 1. The number of amides is 1. The first kappa shape index (κ1) is 17.4. The van der Waals surface area contributed by atoms with Gasteiger partial charge in [-0.2, -0.15) is 5.26 Å². The van der Waals surface area contributed by atoms with Gasteiger partial charge in [0.2, 0.25) is 0 Å². The maximum absolute atomic E-state index is 13.1. The summed E-state index contributed by atoms with van der Waals surface area (Å²) in [5, 5.41) is 10.0. The van der Waals surface area contributed by atoms with Crippen LogP contribution in [0.3, 0.4) is 0 Å². The molecule has 0 unspecified atom stereocenters. The minimum Gasteiger partial charge on any atom is -0.324 e. The van der Waals surface area contributed by atoms with Gasteiger partial charge in [-0.15, -0.1) is 0 Å². The minimum atomic E-state index is 0.0466. The Morgan fingerprint density at radius 1 is 1.11 bits per heavy atom. The smallest absolute Gasteiger partial charge is 0.324 e. The average Bonchev–Trinajstić information content (AvgIpc) is 3.03. The number of piperidine rings is 1. The van der Waals surface area contributed by atoms with Crippen molar-refractivity contribution >= 4 is 16.9 Å². The maximum atomic E-state index is 13.1. The Kier molecular flexibility index (Phi) is 4.68. The molecule has 27 heavy (non-hydrogen) atoms. The lowest BCUT2D eigenvalue weighted by Crippen LogP contribution is -2.41. The van der Waals surface area contributed by atoms with E-state index < -0.39 is 0 Å². The molecular formula is C23H23N3O. The third-order valence-electron chi connectivity index (χ3n) is 5.56. The van der Waals surface area contributed by atoms with Crippen molar-refractivity contribution in [3.63, 3.8) is 0 Å². The van der Waals surface area contributed by atoms with Crippen LogP contribution in [0.25, 0.3) is 10.9 Å². The van der Waals surface area contributed by atoms with Gasteiger partial charge in [0.1, 0.15) is 0 Å². The molecule has 4 heteroatoms. The monoisotopic (exact) mass is 357 g/mol. The Bertz CT molecular complexity index is 1010. The molecule has 1 aromatic heterocycles. The van der Waals surface area contributed by atoms with Crippen molar-refractivity contribution in [2.24, 2.45) is 5.92 Å². The molecule has 0 radical (unpaired) electrons. The number of fused-ring (bicyclic) bond motifs is 1. The number of likely N-dealkylation sites (tertiary alicyclic amines) is 1. The summed E-state index contributed by atoms with van der Waals surface area (Å²) in [6.07, 6.45) is 3.17. The highest BCUT2D eigenvalue weighted by atomic mass is 16.2. The zero-order valence-electron chi connectivity index (χ0n) is 15.6. The fraction of sp³-hybridized carbons (Fsp3) is 0.304. The lowest BCUT2D eigenvalue weighted by Gasteiger charge is -2.32. The molecule has 2 heterocycles. The number of aryl methyl sites for hydroxylation is 1. The van der Waals surface area contributed by atoms with E-state index in [1.54, 1.807) is 10.6 Å². The maximum Gasteiger partial charge on any atom is 0.328 e. The zero-order valence-corrected chi connectivity index (χ0v) is 15.6. The lowest BCUT2D eigenvalue weighted by atomic mass is 9.90. The van der Waals surface area contributed by atoms with Crippen molar-refractivity contribution in [2.75, 3.05) is 13.1 Å². The van der Waals surface area contributed by atoms with E-state index in [4.69, 9.17) is 5.26 Å². The molecule has 0 spiro atoms. The highest BCUT2D eigenvalue weighted by Gasteiger charge is 2.25. The topological polar surface area (TPSA) is 49.0 Å². The molecule has 0 N–H and O–H groups in total. The van der Waals surface area contributed by atoms with Gasteiger partial charge in [-0.05, 0) is 61.9 Å². The van der Waals surface area contributed by atoms with Crippen LogP contribution in [-0.2, 0) is 6.42 Å². The van der Waals surface area contributed by atoms with Gasteiger partial charge in [0.15, 0.2) is 0 Å². The largest absolute Gasteiger partial charge is 0.328 e. The molecule has 1 aliphatic rings. The first-order valence-corrected chi connectivity index (χ1v) is 9.51. The molecule has 3 aromatic rings. The summed E-state index contributed by atoms with van der Waals surface area (Å²) in [6.45, 7) is 3.55. The van der Waals surface area contributed by atoms with Crippen LogP contribution in [0, 0.1) is 24.2 Å². The number of aromatic nitrogens is 1. The van der Waals surface area contributed by atoms with Crippen molar-refractivity contribution in [3.8, 4) is 6.07 Å². The van der Waals surface area contributed by atoms with Gasteiger partial charge in [-0.3, -0.25) is 4.57 Å². The third-order valence-corrected chi connectivity index (χ3v) is 5.56. The number of hydrogen-bond acceptors (Lipinski definition) is 2. The highest BCUT2D eigenvalue weighted by molar-refractivity contribution is 5.93. The minimum absolute atomic E-state index is 0.0466. The number of nitriles is 1. The number of nitrogens with zero attached hydrogens (tertiary/aromatic N) is 3. The van der Waals surface area contributed by atoms with Crippen molar-refractivity contribution in [2.45, 2.75) is 26.2 Å². The summed E-state index contributed by atoms with van der Waals surface area (Å²) in [7, 11) is 0. The third kappa shape index (κ3) is 3.46. The van der Waals surface area contributed by atoms with Gasteiger partial charge < -0.3 is 4.90 Å². The summed E-state index contributed by atoms with van der Waals surface area (Å²) in [5.74, 6) is 0.636. The van der Waals surface area contributed by atoms with Crippen LogP contribution in [0.5, 0.6) is 0 Å². The molecule has 1 amide bonds. The van der Waals surface area contributed by atoms with E-state index in [2.05, 4.69) is 30.3 Å². The van der Waals surface area contributed by atoms with Crippen LogP contribution in [0.15, 0.2) is 54.6 Å². The summed E-state index contributed by atoms with van der Waals surface area (Å²) >= 11 is 0. The number of hydrogen-bond donors (Lipinski definition) is 0. The van der Waals surface area contributed by atoms with E-state index in [0.29, 0.717) is 11.5 Å². The number of carbonyl (C=O) groups excluding carboxylic acids is 1. The zero-order chi connectivity index (χ0) is 18.8. The predicted octanol–water partition coefficient (Wildman–Crippen LogP) is 4.74. The van der Waals surface area contributed by atoms with Gasteiger partial charge >= 0.3 is 6.03 Å². The van der Waals surface area contributed by atoms with Gasteiger partial charge in [0.25, 0.3) is 0 Å². The first-order valence-electron chi connectivity index (χ1n) is 9.51. The molecule has 1 saturated heterocycles. The molecule has 2 aromatic carbocycles. The Balaban J connectivity index is 1.47. The van der Waals surface area contributed by atoms with Crippen LogP contribution in [0.1, 0.15) is 29.7 Å². The molecule has 0 atom stereocenters. The Morgan fingerprint density at radius 3 is 2.56 bits per heavy atom.